The highest BCUT2D eigenvalue weighted by atomic mass is 35.5. The van der Waals surface area contributed by atoms with E-state index in [1.165, 1.54) is 6.07 Å². The van der Waals surface area contributed by atoms with Crippen molar-refractivity contribution >= 4 is 29.5 Å². The van der Waals surface area contributed by atoms with Crippen LogP contribution in [0.4, 0.5) is 0 Å². The van der Waals surface area contributed by atoms with E-state index in [0.717, 1.165) is 6.54 Å². The Kier molecular flexibility index (Phi) is 5.06. The average molecular weight is 262 g/mol. The zero-order chi connectivity index (χ0) is 12.1. The molecular weight excluding hydrogens is 249 g/mol. The van der Waals surface area contributed by atoms with Gasteiger partial charge in [0.25, 0.3) is 0 Å². The minimum absolute atomic E-state index is 0.355. The summed E-state index contributed by atoms with van der Waals surface area (Å²) in [5, 5.41) is 0.778. The number of rotatable bonds is 5. The van der Waals surface area contributed by atoms with E-state index in [4.69, 9.17) is 27.9 Å². The van der Waals surface area contributed by atoms with Crippen LogP contribution in [0.1, 0.15) is 10.4 Å². The minimum atomic E-state index is 0.355. The number of ether oxygens (including phenoxy) is 1. The number of carbonyl (C=O) groups is 1. The molecular formula is C11H13Cl2NO2. The third kappa shape index (κ3) is 3.67. The molecule has 0 spiro atoms. The van der Waals surface area contributed by atoms with Gasteiger partial charge in [0.05, 0.1) is 10.6 Å². The Bertz CT molecular complexity index is 380. The molecule has 1 aromatic rings. The van der Waals surface area contributed by atoms with E-state index >= 15 is 0 Å². The highest BCUT2D eigenvalue weighted by molar-refractivity contribution is 6.36. The van der Waals surface area contributed by atoms with Crippen LogP contribution >= 0.6 is 23.2 Å². The van der Waals surface area contributed by atoms with Gasteiger partial charge in [-0.2, -0.15) is 0 Å². The lowest BCUT2D eigenvalue weighted by atomic mass is 10.2. The Hall–Kier alpha value is -0.770. The van der Waals surface area contributed by atoms with E-state index in [9.17, 15) is 4.79 Å². The Morgan fingerprint density at radius 3 is 2.62 bits per heavy atom. The lowest BCUT2D eigenvalue weighted by Crippen LogP contribution is -2.19. The van der Waals surface area contributed by atoms with Gasteiger partial charge in [-0.25, -0.2) is 0 Å². The monoisotopic (exact) mass is 261 g/mol. The van der Waals surface area contributed by atoms with Gasteiger partial charge in [-0.1, -0.05) is 23.2 Å². The van der Waals surface area contributed by atoms with Gasteiger partial charge in [0.15, 0.2) is 6.29 Å². The van der Waals surface area contributed by atoms with Crippen LogP contribution < -0.4 is 4.74 Å². The normalized spacial score (nSPS) is 10.6. The number of halogens is 2. The second-order valence-corrected chi connectivity index (χ2v) is 4.42. The third-order valence-corrected chi connectivity index (χ3v) is 2.45. The van der Waals surface area contributed by atoms with Crippen molar-refractivity contribution in [2.24, 2.45) is 0 Å². The summed E-state index contributed by atoms with van der Waals surface area (Å²) in [6, 6.07) is 3.09. The predicted octanol–water partition coefficient (Wildman–Crippen LogP) is 2.75. The van der Waals surface area contributed by atoms with Crippen molar-refractivity contribution < 1.29 is 9.53 Å². The number of hydrogen-bond donors (Lipinski definition) is 0. The molecule has 0 aliphatic heterocycles. The van der Waals surface area contributed by atoms with Gasteiger partial charge in [0, 0.05) is 11.6 Å². The predicted molar refractivity (Wildman–Crippen MR) is 65.9 cm³/mol. The van der Waals surface area contributed by atoms with Crippen LogP contribution in [-0.2, 0) is 0 Å². The first-order valence-corrected chi connectivity index (χ1v) is 5.52. The standard InChI is InChI=1S/C11H13Cl2NO2/c1-14(2)3-4-16-11-8(7-15)5-9(12)6-10(11)13/h5-7H,3-4H2,1-2H3. The van der Waals surface area contributed by atoms with Crippen LogP contribution in [-0.4, -0.2) is 38.4 Å². The fourth-order valence-corrected chi connectivity index (χ4v) is 1.71. The summed E-state index contributed by atoms with van der Waals surface area (Å²) < 4.78 is 5.46. The number of hydrogen-bond acceptors (Lipinski definition) is 3. The van der Waals surface area contributed by atoms with E-state index in [1.807, 2.05) is 19.0 Å². The van der Waals surface area contributed by atoms with Crippen molar-refractivity contribution in [1.29, 1.82) is 0 Å². The minimum Gasteiger partial charge on any atom is -0.490 e. The van der Waals surface area contributed by atoms with Gasteiger partial charge in [0.1, 0.15) is 12.4 Å². The number of nitrogens with zero attached hydrogens (tertiary/aromatic N) is 1. The molecule has 1 aromatic carbocycles. The third-order valence-electron chi connectivity index (χ3n) is 1.95. The largest absolute Gasteiger partial charge is 0.490 e. The van der Waals surface area contributed by atoms with Crippen LogP contribution in [0.2, 0.25) is 10.0 Å². The molecule has 3 nitrogen and oxygen atoms in total. The summed E-state index contributed by atoms with van der Waals surface area (Å²) in [6.07, 6.45) is 0.683. The molecule has 0 saturated carbocycles. The molecule has 0 saturated heterocycles. The molecule has 0 bridgehead atoms. The lowest BCUT2D eigenvalue weighted by Gasteiger charge is -2.13. The van der Waals surface area contributed by atoms with E-state index in [0.29, 0.717) is 34.3 Å². The van der Waals surface area contributed by atoms with Crippen molar-refractivity contribution in [2.75, 3.05) is 27.2 Å². The van der Waals surface area contributed by atoms with Crippen molar-refractivity contribution in [1.82, 2.24) is 4.90 Å². The maximum Gasteiger partial charge on any atom is 0.153 e. The molecule has 0 radical (unpaired) electrons. The molecule has 0 aliphatic carbocycles. The van der Waals surface area contributed by atoms with Gasteiger partial charge < -0.3 is 9.64 Å². The van der Waals surface area contributed by atoms with Crippen LogP contribution in [0.3, 0.4) is 0 Å². The quantitative estimate of drug-likeness (QED) is 0.764. The van der Waals surface area contributed by atoms with Gasteiger partial charge in [0.2, 0.25) is 0 Å². The molecule has 88 valence electrons. The fourth-order valence-electron chi connectivity index (χ4n) is 1.15. The topological polar surface area (TPSA) is 29.5 Å². The summed E-state index contributed by atoms with van der Waals surface area (Å²) in [7, 11) is 3.88. The van der Waals surface area contributed by atoms with E-state index in [1.54, 1.807) is 6.07 Å². The van der Waals surface area contributed by atoms with Crippen LogP contribution in [0, 0.1) is 0 Å². The molecule has 1 rings (SSSR count). The molecule has 16 heavy (non-hydrogen) atoms. The highest BCUT2D eigenvalue weighted by Gasteiger charge is 2.10. The Morgan fingerprint density at radius 2 is 2.06 bits per heavy atom. The molecule has 5 heteroatoms. The van der Waals surface area contributed by atoms with E-state index in [2.05, 4.69) is 0 Å². The number of carbonyl (C=O) groups excluding carboxylic acids is 1. The van der Waals surface area contributed by atoms with Crippen LogP contribution in [0.25, 0.3) is 0 Å². The molecule has 0 heterocycles. The van der Waals surface area contributed by atoms with Crippen molar-refractivity contribution in [3.05, 3.63) is 27.7 Å². The number of benzene rings is 1. The molecule has 0 aliphatic rings. The highest BCUT2D eigenvalue weighted by Crippen LogP contribution is 2.31. The first-order valence-electron chi connectivity index (χ1n) is 4.76. The SMILES string of the molecule is CN(C)CCOc1c(Cl)cc(Cl)cc1C=O. The van der Waals surface area contributed by atoms with Crippen LogP contribution in [0.15, 0.2) is 12.1 Å². The molecule has 0 atom stereocenters. The first-order chi connectivity index (χ1) is 7.54. The van der Waals surface area contributed by atoms with E-state index in [-0.39, 0.29) is 0 Å². The molecule has 0 fully saturated rings. The van der Waals surface area contributed by atoms with Gasteiger partial charge in [-0.3, -0.25) is 4.79 Å². The maximum absolute atomic E-state index is 10.8. The molecule has 0 aromatic heterocycles. The summed E-state index contributed by atoms with van der Waals surface area (Å²) in [5.41, 5.74) is 0.372. The molecule has 0 amide bonds. The van der Waals surface area contributed by atoms with Gasteiger partial charge >= 0.3 is 0 Å². The van der Waals surface area contributed by atoms with E-state index < -0.39 is 0 Å². The zero-order valence-corrected chi connectivity index (χ0v) is 10.7. The first kappa shape index (κ1) is 13.3. The summed E-state index contributed by atoms with van der Waals surface area (Å²) >= 11 is 11.7. The van der Waals surface area contributed by atoms with Gasteiger partial charge in [-0.05, 0) is 26.2 Å². The molecule has 0 N–H and O–H groups in total. The number of likely N-dealkylation sites (N-methyl/N-ethyl adjacent to an activating group) is 1. The second-order valence-electron chi connectivity index (χ2n) is 3.58. The van der Waals surface area contributed by atoms with Crippen molar-refractivity contribution in [2.45, 2.75) is 0 Å². The van der Waals surface area contributed by atoms with Gasteiger partial charge in [-0.15, -0.1) is 0 Å². The van der Waals surface area contributed by atoms with Crippen molar-refractivity contribution in [3.8, 4) is 5.75 Å². The number of aldehydes is 1. The summed E-state index contributed by atoms with van der Waals surface area (Å²) in [4.78, 5) is 12.8. The lowest BCUT2D eigenvalue weighted by molar-refractivity contribution is 0.111. The second kappa shape index (κ2) is 6.09. The average Bonchev–Trinajstić information content (AvgIpc) is 2.20. The summed E-state index contributed by atoms with van der Waals surface area (Å²) in [5.74, 6) is 0.392. The fraction of sp³-hybridized carbons (Fsp3) is 0.364. The zero-order valence-electron chi connectivity index (χ0n) is 9.17. The Balaban J connectivity index is 2.81. The Labute approximate surface area is 105 Å². The van der Waals surface area contributed by atoms with Crippen LogP contribution in [0.5, 0.6) is 5.75 Å². The summed E-state index contributed by atoms with van der Waals surface area (Å²) in [6.45, 7) is 1.21. The Morgan fingerprint density at radius 1 is 1.38 bits per heavy atom. The smallest absolute Gasteiger partial charge is 0.153 e. The molecule has 0 unspecified atom stereocenters. The maximum atomic E-state index is 10.8. The van der Waals surface area contributed by atoms with Crippen molar-refractivity contribution in [3.63, 3.8) is 0 Å².